The number of rotatable bonds is 1. The third-order valence-electron chi connectivity index (χ3n) is 15.5. The molecule has 2 amide bonds. The van der Waals surface area contributed by atoms with Gasteiger partial charge >= 0.3 is 0 Å². The molecule has 0 radical (unpaired) electrons. The first-order valence-electron chi connectivity index (χ1n) is 18.6. The van der Waals surface area contributed by atoms with Crippen molar-refractivity contribution in [3.05, 3.63) is 106 Å². The number of hydrogen-bond acceptors (Lipinski definition) is 4. The summed E-state index contributed by atoms with van der Waals surface area (Å²) in [6, 6.07) is 18.8. The van der Waals surface area contributed by atoms with E-state index in [-0.39, 0.29) is 40.8 Å². The summed E-state index contributed by atoms with van der Waals surface area (Å²) in [5.41, 5.74) is 10.4. The highest BCUT2D eigenvalue weighted by molar-refractivity contribution is 6.10. The van der Waals surface area contributed by atoms with Crippen molar-refractivity contribution in [2.24, 2.45) is 17.8 Å². The van der Waals surface area contributed by atoms with Gasteiger partial charge in [-0.15, -0.1) is 0 Å². The average molecular weight is 635 g/mol. The van der Waals surface area contributed by atoms with Crippen molar-refractivity contribution in [1.82, 2.24) is 9.80 Å². The van der Waals surface area contributed by atoms with Gasteiger partial charge in [0, 0.05) is 77.2 Å². The van der Waals surface area contributed by atoms with Gasteiger partial charge in [0.15, 0.2) is 0 Å². The van der Waals surface area contributed by atoms with E-state index in [1.165, 1.54) is 34.4 Å². The summed E-state index contributed by atoms with van der Waals surface area (Å²) in [6.07, 6.45) is 14.3. The molecule has 10 aliphatic rings. The van der Waals surface area contributed by atoms with E-state index < -0.39 is 0 Å². The number of fused-ring (bicyclic) bond motifs is 8. The van der Waals surface area contributed by atoms with Gasteiger partial charge in [-0.2, -0.15) is 0 Å². The standard InChI is InChI=1S/C42H42N4O2/c1-3-23-21-43-16-15-41-30-9-5-8-12-33(30)46-39(41)28(27(23)18-35(41)43)17-29(40(46)48)34-20-42-31-10-6-7-11-32(31)45-37(47)14-13-25(38(42)45)26-19-36(42)44(34)22-24(26)4-2/h3-13,17,26-28,34-36,38-39H,14-16,18-22H2,1-2H3/b23-3+,24-4?/t26-,27-,28-,34+,35-,36-,38-,39-,41+,42+/m0/s1. The van der Waals surface area contributed by atoms with E-state index in [1.54, 1.807) is 5.57 Å². The number of amides is 2. The summed E-state index contributed by atoms with van der Waals surface area (Å²) >= 11 is 0. The molecule has 0 N–H and O–H groups in total. The van der Waals surface area contributed by atoms with Gasteiger partial charge in [0.05, 0.1) is 12.1 Å². The number of anilines is 2. The van der Waals surface area contributed by atoms with E-state index in [4.69, 9.17) is 0 Å². The lowest BCUT2D eigenvalue weighted by atomic mass is 9.54. The average Bonchev–Trinajstić information content (AvgIpc) is 3.85. The first-order chi connectivity index (χ1) is 23.5. The van der Waals surface area contributed by atoms with Crippen LogP contribution in [0, 0.1) is 17.8 Å². The molecule has 48 heavy (non-hydrogen) atoms. The third kappa shape index (κ3) is 2.73. The van der Waals surface area contributed by atoms with Crippen molar-refractivity contribution in [3.63, 3.8) is 0 Å². The van der Waals surface area contributed by atoms with Crippen LogP contribution in [0.25, 0.3) is 0 Å². The topological polar surface area (TPSA) is 47.1 Å². The van der Waals surface area contributed by atoms with Crippen LogP contribution in [0.3, 0.4) is 0 Å². The number of nitrogens with zero attached hydrogens (tertiary/aromatic N) is 4. The smallest absolute Gasteiger partial charge is 0.255 e. The molecule has 2 aromatic carbocycles. The maximum atomic E-state index is 15.5. The van der Waals surface area contributed by atoms with Crippen molar-refractivity contribution in [2.45, 2.75) is 87.0 Å². The van der Waals surface area contributed by atoms with Crippen LogP contribution < -0.4 is 9.80 Å². The van der Waals surface area contributed by atoms with Crippen LogP contribution >= 0.6 is 0 Å². The van der Waals surface area contributed by atoms with Crippen molar-refractivity contribution in [2.75, 3.05) is 29.4 Å². The second-order valence-electron chi connectivity index (χ2n) is 16.5. The van der Waals surface area contributed by atoms with Gasteiger partial charge in [-0.1, -0.05) is 71.8 Å². The van der Waals surface area contributed by atoms with Gasteiger partial charge in [-0.05, 0) is 80.8 Å². The number of benzene rings is 2. The molecule has 0 unspecified atom stereocenters. The largest absolute Gasteiger partial charge is 0.304 e. The first-order valence-corrected chi connectivity index (χ1v) is 18.6. The fourth-order valence-electron chi connectivity index (χ4n) is 14.0. The number of hydrogen-bond donors (Lipinski definition) is 0. The molecular formula is C42H42N4O2. The van der Waals surface area contributed by atoms with E-state index >= 15 is 4.79 Å². The highest BCUT2D eigenvalue weighted by Gasteiger charge is 2.72. The minimum Gasteiger partial charge on any atom is -0.304 e. The fraction of sp³-hybridized carbons (Fsp3) is 0.476. The Bertz CT molecular complexity index is 2020. The molecule has 8 aliphatic heterocycles. The number of carbonyl (C=O) groups excluding carboxylic acids is 2. The van der Waals surface area contributed by atoms with Crippen molar-refractivity contribution >= 4 is 23.2 Å². The molecule has 6 nitrogen and oxygen atoms in total. The molecular weight excluding hydrogens is 592 g/mol. The molecule has 2 aromatic rings. The van der Waals surface area contributed by atoms with Crippen LogP contribution in [0.1, 0.15) is 57.1 Å². The second-order valence-corrected chi connectivity index (χ2v) is 16.5. The molecule has 6 fully saturated rings. The lowest BCUT2D eigenvalue weighted by Crippen LogP contribution is -2.66. The molecule has 4 bridgehead atoms. The lowest BCUT2D eigenvalue weighted by Gasteiger charge is -2.57. The first kappa shape index (κ1) is 27.1. The SMILES string of the molecule is CC=C1CN2[C@@H](C3=C[C@@H]4[C@@H]5N(C3=O)c3ccccc3[C@@]53CCN5C/C(=C\C)[C@@H]4C[C@H]53)C[C@@]34c5ccccc5N5C(=O)CC=C([C@H]1C[C@H]23)[C@H]54. The van der Waals surface area contributed by atoms with Crippen LogP contribution in [0.4, 0.5) is 11.4 Å². The number of carbonyl (C=O) groups is 2. The van der Waals surface area contributed by atoms with Crippen LogP contribution in [0.2, 0.25) is 0 Å². The predicted octanol–water partition coefficient (Wildman–Crippen LogP) is 5.66. The van der Waals surface area contributed by atoms with Crippen LogP contribution in [0.5, 0.6) is 0 Å². The van der Waals surface area contributed by atoms with Gasteiger partial charge in [-0.3, -0.25) is 19.4 Å². The second kappa shape index (κ2) is 8.70. The molecule has 2 spiro atoms. The summed E-state index contributed by atoms with van der Waals surface area (Å²) in [5, 5.41) is 0. The normalized spacial score (nSPS) is 44.1. The molecule has 2 aliphatic carbocycles. The molecule has 242 valence electrons. The van der Waals surface area contributed by atoms with Crippen LogP contribution in [-0.2, 0) is 20.4 Å². The van der Waals surface area contributed by atoms with E-state index in [2.05, 4.69) is 106 Å². The Kier molecular flexibility index (Phi) is 4.91. The molecule has 6 heteroatoms. The summed E-state index contributed by atoms with van der Waals surface area (Å²) in [7, 11) is 0. The Morgan fingerprint density at radius 3 is 2.38 bits per heavy atom. The zero-order valence-corrected chi connectivity index (χ0v) is 27.8. The van der Waals surface area contributed by atoms with Gasteiger partial charge in [0.2, 0.25) is 5.91 Å². The monoisotopic (exact) mass is 634 g/mol. The Morgan fingerprint density at radius 2 is 1.58 bits per heavy atom. The van der Waals surface area contributed by atoms with E-state index in [0.29, 0.717) is 36.3 Å². The summed E-state index contributed by atoms with van der Waals surface area (Å²) in [6.45, 7) is 7.51. The highest BCUT2D eigenvalue weighted by Crippen LogP contribution is 2.68. The maximum Gasteiger partial charge on any atom is 0.255 e. The van der Waals surface area contributed by atoms with Crippen LogP contribution in [0.15, 0.2) is 95.1 Å². The maximum absolute atomic E-state index is 15.5. The lowest BCUT2D eigenvalue weighted by molar-refractivity contribution is -0.119. The zero-order valence-electron chi connectivity index (χ0n) is 27.8. The summed E-state index contributed by atoms with van der Waals surface area (Å²) in [5.74, 6) is 1.62. The summed E-state index contributed by atoms with van der Waals surface area (Å²) in [4.78, 5) is 39.3. The van der Waals surface area contributed by atoms with Crippen molar-refractivity contribution in [1.29, 1.82) is 0 Å². The Labute approximate surface area is 282 Å². The van der Waals surface area contributed by atoms with E-state index in [9.17, 15) is 4.79 Å². The minimum atomic E-state index is -0.204. The number of piperidine rings is 2. The van der Waals surface area contributed by atoms with Gasteiger partial charge < -0.3 is 9.80 Å². The van der Waals surface area contributed by atoms with Crippen molar-refractivity contribution < 1.29 is 9.59 Å². The fourth-order valence-corrected chi connectivity index (χ4v) is 14.0. The Hall–Kier alpha value is -3.74. The predicted molar refractivity (Wildman–Crippen MR) is 186 cm³/mol. The van der Waals surface area contributed by atoms with Crippen LogP contribution in [-0.4, -0.2) is 71.5 Å². The number of para-hydroxylation sites is 2. The molecule has 0 aromatic heterocycles. The quantitative estimate of drug-likeness (QED) is 0.381. The van der Waals surface area contributed by atoms with Gasteiger partial charge in [0.25, 0.3) is 5.91 Å². The molecule has 4 saturated heterocycles. The van der Waals surface area contributed by atoms with Gasteiger partial charge in [0.1, 0.15) is 0 Å². The van der Waals surface area contributed by atoms with E-state index in [1.807, 2.05) is 0 Å². The molecule has 8 heterocycles. The Morgan fingerprint density at radius 1 is 0.833 bits per heavy atom. The van der Waals surface area contributed by atoms with Crippen molar-refractivity contribution in [3.8, 4) is 0 Å². The van der Waals surface area contributed by atoms with E-state index in [0.717, 1.165) is 50.2 Å². The third-order valence-corrected chi connectivity index (χ3v) is 15.5. The minimum absolute atomic E-state index is 0.0145. The molecule has 12 rings (SSSR count). The Balaban J connectivity index is 1.07. The molecule has 2 saturated carbocycles. The zero-order chi connectivity index (χ0) is 31.8. The summed E-state index contributed by atoms with van der Waals surface area (Å²) < 4.78 is 0. The number of allylic oxidation sites excluding steroid dienone is 2. The van der Waals surface area contributed by atoms with Gasteiger partial charge in [-0.25, -0.2) is 0 Å². The highest BCUT2D eigenvalue weighted by atomic mass is 16.2. The molecule has 10 atom stereocenters.